The normalized spacial score (nSPS) is 15.3. The highest BCUT2D eigenvalue weighted by Gasteiger charge is 2.18. The second-order valence-corrected chi connectivity index (χ2v) is 10.5. The summed E-state index contributed by atoms with van der Waals surface area (Å²) in [5.41, 5.74) is 3.01. The monoisotopic (exact) mass is 557 g/mol. The van der Waals surface area contributed by atoms with Crippen molar-refractivity contribution in [3.05, 3.63) is 157 Å². The van der Waals surface area contributed by atoms with Crippen LogP contribution in [0.1, 0.15) is 15.1 Å². The SMILES string of the molecule is [2H]c1cc2c(-c3cccc(-c4ccc5ccccc5c4)c3)c3cc([2H])c([2H])cc3c(-c3c([2H])c([2H])c4c(oc5c([2H])c([2H])c([2H])c([2H])c54)c3[2H])c2cc1[2H]. The minimum absolute atomic E-state index is 0.0671. The lowest BCUT2D eigenvalue weighted by Crippen LogP contribution is -1.91. The number of rotatable bonds is 3. The van der Waals surface area contributed by atoms with E-state index < -0.39 is 36.3 Å². The quantitative estimate of drug-likeness (QED) is 0.197. The van der Waals surface area contributed by atoms with Gasteiger partial charge < -0.3 is 4.42 Å². The van der Waals surface area contributed by atoms with Gasteiger partial charge in [-0.15, -0.1) is 0 Å². The second-order valence-electron chi connectivity index (χ2n) is 10.5. The molecule has 0 fully saturated rings. The minimum atomic E-state index is -0.531. The van der Waals surface area contributed by atoms with E-state index in [1.54, 1.807) is 12.1 Å². The van der Waals surface area contributed by atoms with Gasteiger partial charge in [0.15, 0.2) is 0 Å². The third-order valence-corrected chi connectivity index (χ3v) is 8.06. The average molecular weight is 558 g/mol. The molecule has 0 atom stereocenters. The number of furan rings is 1. The smallest absolute Gasteiger partial charge is 0.136 e. The molecular weight excluding hydrogens is 520 g/mol. The molecule has 0 N–H and O–H groups in total. The maximum Gasteiger partial charge on any atom is 0.136 e. The van der Waals surface area contributed by atoms with E-state index in [0.29, 0.717) is 27.1 Å². The van der Waals surface area contributed by atoms with Gasteiger partial charge in [-0.05, 0) is 96.0 Å². The van der Waals surface area contributed by atoms with Crippen LogP contribution >= 0.6 is 0 Å². The molecule has 0 bridgehead atoms. The maximum atomic E-state index is 9.45. The molecule has 43 heavy (non-hydrogen) atoms. The van der Waals surface area contributed by atoms with Crippen molar-refractivity contribution in [2.45, 2.75) is 0 Å². The summed E-state index contributed by atoms with van der Waals surface area (Å²) in [5.74, 6) is 0. The zero-order valence-electron chi connectivity index (χ0n) is 33.6. The number of benzene rings is 8. The van der Waals surface area contributed by atoms with Gasteiger partial charge in [-0.2, -0.15) is 0 Å². The van der Waals surface area contributed by atoms with Crippen LogP contribution in [0.2, 0.25) is 0 Å². The first kappa shape index (κ1) is 15.5. The summed E-state index contributed by atoms with van der Waals surface area (Å²) in [5, 5.41) is 3.77. The van der Waals surface area contributed by atoms with Crippen molar-refractivity contribution in [1.82, 2.24) is 0 Å². The summed E-state index contributed by atoms with van der Waals surface area (Å²) < 4.78 is 102. The van der Waals surface area contributed by atoms with Crippen LogP contribution in [-0.2, 0) is 0 Å². The molecule has 200 valence electrons. The summed E-state index contributed by atoms with van der Waals surface area (Å²) >= 11 is 0. The Hall–Kier alpha value is -5.66. The fourth-order valence-corrected chi connectivity index (χ4v) is 6.11. The zero-order chi connectivity index (χ0) is 37.9. The van der Waals surface area contributed by atoms with Gasteiger partial charge in [0, 0.05) is 10.8 Å². The first-order chi connectivity index (χ1) is 25.8. The molecule has 0 aliphatic heterocycles. The molecule has 0 unspecified atom stereocenters. The minimum Gasteiger partial charge on any atom is -0.456 e. The number of hydrogen-bond acceptors (Lipinski definition) is 1. The molecule has 0 radical (unpaired) electrons. The van der Waals surface area contributed by atoms with Crippen molar-refractivity contribution in [1.29, 1.82) is 0 Å². The number of hydrogen-bond donors (Lipinski definition) is 0. The molecular formula is C42H26O. The van der Waals surface area contributed by atoms with E-state index in [9.17, 15) is 2.74 Å². The van der Waals surface area contributed by atoms with E-state index in [1.165, 1.54) is 12.1 Å². The van der Waals surface area contributed by atoms with E-state index in [2.05, 4.69) is 12.1 Å². The molecule has 0 amide bonds. The third kappa shape index (κ3) is 3.79. The highest BCUT2D eigenvalue weighted by molar-refractivity contribution is 6.22. The van der Waals surface area contributed by atoms with E-state index in [0.717, 1.165) is 27.5 Å². The molecule has 9 rings (SSSR count). The lowest BCUT2D eigenvalue weighted by atomic mass is 9.85. The standard InChI is InChI=1S/C42H26O/c1-2-11-28-24-30(21-20-27(28)10-1)29-12-9-13-31(25-29)41-35-15-3-5-17-37(35)42(38-18-6-4-16-36(38)41)32-22-23-34-33-14-7-8-19-39(33)43-40(34)26-32/h1-26H/i3D,4D,5D,6D,7D,8D,14D,19D,22D,23D,26D. The third-order valence-electron chi connectivity index (χ3n) is 8.06. The van der Waals surface area contributed by atoms with Gasteiger partial charge in [-0.1, -0.05) is 127 Å². The Morgan fingerprint density at radius 2 is 1.02 bits per heavy atom. The Morgan fingerprint density at radius 3 is 1.79 bits per heavy atom. The largest absolute Gasteiger partial charge is 0.456 e. The van der Waals surface area contributed by atoms with Crippen molar-refractivity contribution in [3.8, 4) is 33.4 Å². The highest BCUT2D eigenvalue weighted by atomic mass is 16.3. The molecule has 1 nitrogen and oxygen atoms in total. The fourth-order valence-electron chi connectivity index (χ4n) is 6.11. The predicted molar refractivity (Wildman–Crippen MR) is 183 cm³/mol. The van der Waals surface area contributed by atoms with Gasteiger partial charge in [0.1, 0.15) is 11.2 Å². The van der Waals surface area contributed by atoms with Crippen molar-refractivity contribution in [2.75, 3.05) is 0 Å². The molecule has 0 aliphatic carbocycles. The van der Waals surface area contributed by atoms with E-state index in [-0.39, 0.29) is 63.3 Å². The van der Waals surface area contributed by atoms with Gasteiger partial charge >= 0.3 is 0 Å². The molecule has 0 saturated carbocycles. The van der Waals surface area contributed by atoms with Gasteiger partial charge in [0.25, 0.3) is 0 Å². The van der Waals surface area contributed by atoms with Crippen LogP contribution in [0.15, 0.2) is 162 Å². The Labute approximate surface area is 264 Å². The summed E-state index contributed by atoms with van der Waals surface area (Å²) in [4.78, 5) is 0. The second kappa shape index (κ2) is 9.44. The average Bonchev–Trinajstić information content (AvgIpc) is 3.58. The van der Waals surface area contributed by atoms with Crippen LogP contribution in [0.25, 0.3) is 87.6 Å². The molecule has 0 saturated heterocycles. The number of para-hydroxylation sites is 1. The van der Waals surface area contributed by atoms with Crippen LogP contribution in [0.5, 0.6) is 0 Å². The Bertz CT molecular complexity index is 3060. The van der Waals surface area contributed by atoms with E-state index in [1.807, 2.05) is 54.6 Å². The molecule has 0 aliphatic rings. The van der Waals surface area contributed by atoms with Crippen LogP contribution < -0.4 is 0 Å². The summed E-state index contributed by atoms with van der Waals surface area (Å²) in [6.45, 7) is 0. The zero-order valence-corrected chi connectivity index (χ0v) is 22.6. The predicted octanol–water partition coefficient (Wildman–Crippen LogP) is 12.0. The summed E-state index contributed by atoms with van der Waals surface area (Å²) in [6.07, 6.45) is 0. The Kier molecular flexibility index (Phi) is 3.41. The molecule has 1 heterocycles. The van der Waals surface area contributed by atoms with Gasteiger partial charge in [-0.3, -0.25) is 0 Å². The fraction of sp³-hybridized carbons (Fsp3) is 0. The first-order valence-electron chi connectivity index (χ1n) is 19.4. The van der Waals surface area contributed by atoms with Crippen molar-refractivity contribution >= 4 is 54.3 Å². The molecule has 9 aromatic rings. The summed E-state index contributed by atoms with van der Waals surface area (Å²) in [6, 6.07) is 24.7. The first-order valence-corrected chi connectivity index (χ1v) is 13.9. The lowest BCUT2D eigenvalue weighted by Gasteiger charge is -2.18. The van der Waals surface area contributed by atoms with E-state index >= 15 is 0 Å². The molecule has 8 aromatic carbocycles. The van der Waals surface area contributed by atoms with Crippen LogP contribution in [0.4, 0.5) is 0 Å². The van der Waals surface area contributed by atoms with Crippen LogP contribution in [-0.4, -0.2) is 0 Å². The van der Waals surface area contributed by atoms with Crippen molar-refractivity contribution in [2.24, 2.45) is 0 Å². The van der Waals surface area contributed by atoms with Gasteiger partial charge in [0.05, 0.1) is 15.1 Å². The van der Waals surface area contributed by atoms with Crippen molar-refractivity contribution < 1.29 is 19.5 Å². The molecule has 1 aromatic heterocycles. The molecule has 0 spiro atoms. The molecule has 1 heteroatoms. The van der Waals surface area contributed by atoms with E-state index in [4.69, 9.17) is 16.8 Å². The van der Waals surface area contributed by atoms with Crippen molar-refractivity contribution in [3.63, 3.8) is 0 Å². The Morgan fingerprint density at radius 1 is 0.395 bits per heavy atom. The maximum absolute atomic E-state index is 9.45. The number of fused-ring (bicyclic) bond motifs is 6. The van der Waals surface area contributed by atoms with Gasteiger partial charge in [-0.25, -0.2) is 0 Å². The summed E-state index contributed by atoms with van der Waals surface area (Å²) in [7, 11) is 0. The highest BCUT2D eigenvalue weighted by Crippen LogP contribution is 2.45. The Balaban J connectivity index is 1.41. The lowest BCUT2D eigenvalue weighted by molar-refractivity contribution is 0.669. The topological polar surface area (TPSA) is 13.1 Å². The van der Waals surface area contributed by atoms with Crippen LogP contribution in [0.3, 0.4) is 0 Å². The van der Waals surface area contributed by atoms with Gasteiger partial charge in [0.2, 0.25) is 0 Å². The van der Waals surface area contributed by atoms with Crippen LogP contribution in [0, 0.1) is 0 Å².